The van der Waals surface area contributed by atoms with Gasteiger partial charge in [0.2, 0.25) is 0 Å². The number of hydrogen-bond donors (Lipinski definition) is 1. The highest BCUT2D eigenvalue weighted by molar-refractivity contribution is 7.92. The number of hydrogen-bond acceptors (Lipinski definition) is 3. The van der Waals surface area contributed by atoms with Crippen LogP contribution < -0.4 is 4.72 Å². The van der Waals surface area contributed by atoms with Gasteiger partial charge < -0.3 is 4.57 Å². The monoisotopic (exact) mass is 411 g/mol. The lowest BCUT2D eigenvalue weighted by Crippen LogP contribution is -2.15. The molecule has 0 fully saturated rings. The fraction of sp³-hybridized carbons (Fsp3) is 0.278. The first kappa shape index (κ1) is 19.0. The quantitative estimate of drug-likeness (QED) is 0.629. The smallest absolute Gasteiger partial charge is 0.263 e. The van der Waals surface area contributed by atoms with Gasteiger partial charge in [-0.2, -0.15) is 0 Å². The lowest BCUT2D eigenvalue weighted by molar-refractivity contribution is 0.601. The fourth-order valence-electron chi connectivity index (χ4n) is 2.80. The molecule has 0 atom stereocenters. The summed E-state index contributed by atoms with van der Waals surface area (Å²) >= 11 is 12.0. The maximum Gasteiger partial charge on any atom is 0.263 e. The van der Waals surface area contributed by atoms with Crippen molar-refractivity contribution in [1.82, 2.24) is 9.55 Å². The zero-order valence-electron chi connectivity index (χ0n) is 14.8. The number of nitrogens with zero attached hydrogens (tertiary/aromatic N) is 2. The second kappa shape index (κ2) is 6.76. The van der Waals surface area contributed by atoms with Gasteiger partial charge in [-0.1, -0.05) is 23.2 Å². The van der Waals surface area contributed by atoms with Crippen molar-refractivity contribution in [2.45, 2.75) is 38.6 Å². The number of imidazole rings is 1. The minimum absolute atomic E-state index is 0.0657. The number of halogens is 2. The molecule has 5 nitrogen and oxygen atoms in total. The second-order valence-electron chi connectivity index (χ2n) is 6.49. The third-order valence-electron chi connectivity index (χ3n) is 4.36. The van der Waals surface area contributed by atoms with E-state index in [4.69, 9.17) is 23.2 Å². The van der Waals surface area contributed by atoms with Gasteiger partial charge in [-0.25, -0.2) is 13.4 Å². The van der Waals surface area contributed by atoms with Crippen LogP contribution in [0.1, 0.15) is 31.0 Å². The molecular formula is C18H19Cl2N3O2S. The van der Waals surface area contributed by atoms with Crippen LogP contribution in [0, 0.1) is 13.8 Å². The summed E-state index contributed by atoms with van der Waals surface area (Å²) in [7, 11) is -3.92. The molecule has 138 valence electrons. The van der Waals surface area contributed by atoms with E-state index in [1.54, 1.807) is 12.4 Å². The first-order valence-corrected chi connectivity index (χ1v) is 10.3. The summed E-state index contributed by atoms with van der Waals surface area (Å²) in [6.07, 6.45) is 1.72. The Kier molecular flexibility index (Phi) is 4.94. The van der Waals surface area contributed by atoms with Crippen molar-refractivity contribution in [3.05, 3.63) is 51.8 Å². The third kappa shape index (κ3) is 3.29. The average molecular weight is 412 g/mol. The van der Waals surface area contributed by atoms with Gasteiger partial charge in [0.1, 0.15) is 10.4 Å². The minimum Gasteiger partial charge on any atom is -0.328 e. The number of aryl methyl sites for hydroxylation is 1. The molecule has 0 aliphatic rings. The Morgan fingerprint density at radius 3 is 2.50 bits per heavy atom. The minimum atomic E-state index is -3.92. The van der Waals surface area contributed by atoms with Crippen LogP contribution in [0.25, 0.3) is 11.0 Å². The molecule has 0 saturated heterocycles. The van der Waals surface area contributed by atoms with Crippen molar-refractivity contribution in [2.24, 2.45) is 0 Å². The predicted octanol–water partition coefficient (Wildman–Crippen LogP) is 5.34. The van der Waals surface area contributed by atoms with Gasteiger partial charge in [0.25, 0.3) is 10.0 Å². The highest BCUT2D eigenvalue weighted by Crippen LogP contribution is 2.33. The fourth-order valence-corrected chi connectivity index (χ4v) is 4.70. The van der Waals surface area contributed by atoms with E-state index in [2.05, 4.69) is 9.71 Å². The van der Waals surface area contributed by atoms with Gasteiger partial charge in [-0.15, -0.1) is 0 Å². The van der Waals surface area contributed by atoms with Gasteiger partial charge in [0.15, 0.2) is 0 Å². The van der Waals surface area contributed by atoms with Crippen LogP contribution >= 0.6 is 23.2 Å². The Morgan fingerprint density at radius 1 is 1.15 bits per heavy atom. The van der Waals surface area contributed by atoms with Crippen LogP contribution in [0.2, 0.25) is 10.0 Å². The number of sulfonamides is 1. The molecule has 0 spiro atoms. The van der Waals surface area contributed by atoms with Crippen molar-refractivity contribution < 1.29 is 8.42 Å². The highest BCUT2D eigenvalue weighted by Gasteiger charge is 2.23. The van der Waals surface area contributed by atoms with Crippen molar-refractivity contribution in [1.29, 1.82) is 0 Å². The predicted molar refractivity (Wildman–Crippen MR) is 107 cm³/mol. The maximum absolute atomic E-state index is 12.9. The van der Waals surface area contributed by atoms with Gasteiger partial charge in [0.05, 0.1) is 22.6 Å². The normalized spacial score (nSPS) is 12.1. The van der Waals surface area contributed by atoms with Crippen LogP contribution in [0.4, 0.5) is 5.69 Å². The van der Waals surface area contributed by atoms with Gasteiger partial charge in [-0.3, -0.25) is 4.72 Å². The van der Waals surface area contributed by atoms with E-state index >= 15 is 0 Å². The number of rotatable bonds is 4. The standard InChI is InChI=1S/C18H19Cl2N3O2S/c1-10(2)23-9-21-18-15(23)7-11(3)12(4)17(18)22-26(24,25)16-8-13(19)5-6-14(16)20/h5-10,22H,1-4H3. The van der Waals surface area contributed by atoms with E-state index < -0.39 is 10.0 Å². The summed E-state index contributed by atoms with van der Waals surface area (Å²) in [6.45, 7) is 7.90. The Balaban J connectivity index is 2.19. The van der Waals surface area contributed by atoms with E-state index in [0.29, 0.717) is 16.2 Å². The van der Waals surface area contributed by atoms with E-state index in [-0.39, 0.29) is 16.0 Å². The average Bonchev–Trinajstić information content (AvgIpc) is 2.97. The summed E-state index contributed by atoms with van der Waals surface area (Å²) in [5.41, 5.74) is 3.71. The van der Waals surface area contributed by atoms with Crippen LogP contribution in [0.15, 0.2) is 35.5 Å². The molecule has 3 aromatic rings. The summed E-state index contributed by atoms with van der Waals surface area (Å²) in [5.74, 6) is 0. The molecule has 0 bridgehead atoms. The highest BCUT2D eigenvalue weighted by atomic mass is 35.5. The number of aromatic nitrogens is 2. The molecule has 8 heteroatoms. The molecule has 0 unspecified atom stereocenters. The maximum atomic E-state index is 12.9. The van der Waals surface area contributed by atoms with Crippen molar-refractivity contribution in [2.75, 3.05) is 4.72 Å². The molecule has 26 heavy (non-hydrogen) atoms. The molecule has 3 rings (SSSR count). The number of anilines is 1. The Labute approximate surface area is 163 Å². The van der Waals surface area contributed by atoms with Crippen molar-refractivity contribution >= 4 is 49.9 Å². The number of fused-ring (bicyclic) bond motifs is 1. The topological polar surface area (TPSA) is 64.0 Å². The summed E-state index contributed by atoms with van der Waals surface area (Å²) in [6, 6.07) is 6.56. The molecule has 0 aliphatic carbocycles. The Morgan fingerprint density at radius 2 is 1.85 bits per heavy atom. The van der Waals surface area contributed by atoms with Crippen LogP contribution in [-0.4, -0.2) is 18.0 Å². The molecule has 1 N–H and O–H groups in total. The number of benzene rings is 2. The van der Waals surface area contributed by atoms with Crippen molar-refractivity contribution in [3.8, 4) is 0 Å². The molecule has 2 aromatic carbocycles. The van der Waals surface area contributed by atoms with Crippen LogP contribution in [0.3, 0.4) is 0 Å². The van der Waals surface area contributed by atoms with Gasteiger partial charge in [0, 0.05) is 11.1 Å². The van der Waals surface area contributed by atoms with E-state index in [1.165, 1.54) is 12.1 Å². The molecule has 1 aromatic heterocycles. The molecule has 0 aliphatic heterocycles. The molecule has 0 radical (unpaired) electrons. The molecule has 0 saturated carbocycles. The van der Waals surface area contributed by atoms with E-state index in [9.17, 15) is 8.42 Å². The summed E-state index contributed by atoms with van der Waals surface area (Å²) < 4.78 is 30.5. The lowest BCUT2D eigenvalue weighted by atomic mass is 10.1. The Hall–Kier alpha value is -1.76. The number of nitrogens with one attached hydrogen (secondary N) is 1. The first-order valence-electron chi connectivity index (χ1n) is 8.06. The van der Waals surface area contributed by atoms with Crippen LogP contribution in [0.5, 0.6) is 0 Å². The third-order valence-corrected chi connectivity index (χ3v) is 6.43. The van der Waals surface area contributed by atoms with Crippen molar-refractivity contribution in [3.63, 3.8) is 0 Å². The lowest BCUT2D eigenvalue weighted by Gasteiger charge is -2.15. The zero-order chi connectivity index (χ0) is 19.2. The largest absolute Gasteiger partial charge is 0.328 e. The molecular weight excluding hydrogens is 393 g/mol. The van der Waals surface area contributed by atoms with Gasteiger partial charge in [-0.05, 0) is 63.1 Å². The van der Waals surface area contributed by atoms with Crippen LogP contribution in [-0.2, 0) is 10.0 Å². The second-order valence-corrected chi connectivity index (χ2v) is 8.98. The van der Waals surface area contributed by atoms with Gasteiger partial charge >= 0.3 is 0 Å². The zero-order valence-corrected chi connectivity index (χ0v) is 17.2. The molecule has 1 heterocycles. The summed E-state index contributed by atoms with van der Waals surface area (Å²) in [4.78, 5) is 4.37. The molecule has 0 amide bonds. The van der Waals surface area contributed by atoms with E-state index in [1.807, 2.05) is 38.3 Å². The Bertz CT molecular complexity index is 1110. The van der Waals surface area contributed by atoms with E-state index in [0.717, 1.165) is 16.6 Å². The first-order chi connectivity index (χ1) is 12.1. The summed E-state index contributed by atoms with van der Waals surface area (Å²) in [5, 5.41) is 0.404. The SMILES string of the molecule is Cc1cc2c(ncn2C(C)C)c(NS(=O)(=O)c2cc(Cl)ccc2Cl)c1C.